The molecule has 1 fully saturated rings. The molecule has 1 heterocycles. The smallest absolute Gasteiger partial charge is 0.331 e. The third kappa shape index (κ3) is 5.50. The molecule has 1 saturated carbocycles. The summed E-state index contributed by atoms with van der Waals surface area (Å²) in [6.45, 7) is 3.20. The van der Waals surface area contributed by atoms with Crippen molar-refractivity contribution in [2.75, 3.05) is 20.6 Å². The number of aromatic nitrogens is 2. The molecule has 0 amide bonds. The van der Waals surface area contributed by atoms with Gasteiger partial charge in [0.15, 0.2) is 0 Å². The second-order valence-corrected chi connectivity index (χ2v) is 7.04. The van der Waals surface area contributed by atoms with Crippen molar-refractivity contribution in [2.24, 2.45) is 5.92 Å². The Morgan fingerprint density at radius 1 is 1.39 bits per heavy atom. The second kappa shape index (κ2) is 8.29. The number of carbonyl (C=O) groups is 1. The number of carboxylic acid groups (broad SMARTS) is 1. The summed E-state index contributed by atoms with van der Waals surface area (Å²) in [7, 11) is 3.99. The van der Waals surface area contributed by atoms with Crippen LogP contribution in [-0.4, -0.2) is 46.2 Å². The summed E-state index contributed by atoms with van der Waals surface area (Å²) in [4.78, 5) is 17.9. The van der Waals surface area contributed by atoms with Gasteiger partial charge in [-0.15, -0.1) is 0 Å². The lowest BCUT2D eigenvalue weighted by atomic mass is 9.87. The molecule has 0 atom stereocenters. The molecule has 0 bridgehead atoms. The van der Waals surface area contributed by atoms with Gasteiger partial charge in [-0.3, -0.25) is 0 Å². The monoisotopic (exact) mass is 319 g/mol. The zero-order valence-electron chi connectivity index (χ0n) is 14.5. The maximum Gasteiger partial charge on any atom is 0.331 e. The van der Waals surface area contributed by atoms with Crippen LogP contribution >= 0.6 is 0 Å². The van der Waals surface area contributed by atoms with Gasteiger partial charge in [0, 0.05) is 17.8 Å². The van der Waals surface area contributed by atoms with Gasteiger partial charge in [-0.05, 0) is 71.2 Å². The summed E-state index contributed by atoms with van der Waals surface area (Å²) < 4.78 is 2.16. The Morgan fingerprint density at radius 3 is 2.70 bits per heavy atom. The SMILES string of the molecule is CN(C)CCC/C(=C\c1cn([C@H]2CC[C@H](C)CC2)cn1)C(=O)O. The van der Waals surface area contributed by atoms with E-state index >= 15 is 0 Å². The predicted octanol–water partition coefficient (Wildman–Crippen LogP) is 3.44. The first-order chi connectivity index (χ1) is 11.0. The minimum absolute atomic E-state index is 0.439. The molecule has 128 valence electrons. The summed E-state index contributed by atoms with van der Waals surface area (Å²) in [6.07, 6.45) is 11.9. The van der Waals surface area contributed by atoms with Gasteiger partial charge in [0.25, 0.3) is 0 Å². The number of rotatable bonds is 7. The topological polar surface area (TPSA) is 58.4 Å². The summed E-state index contributed by atoms with van der Waals surface area (Å²) in [6, 6.07) is 0.517. The van der Waals surface area contributed by atoms with E-state index in [-0.39, 0.29) is 0 Å². The van der Waals surface area contributed by atoms with Gasteiger partial charge in [-0.1, -0.05) is 6.92 Å². The first-order valence-corrected chi connectivity index (χ1v) is 8.57. The van der Waals surface area contributed by atoms with Crippen LogP contribution in [0.1, 0.15) is 57.2 Å². The van der Waals surface area contributed by atoms with Gasteiger partial charge in [0.1, 0.15) is 0 Å². The summed E-state index contributed by atoms with van der Waals surface area (Å²) in [5.41, 5.74) is 1.19. The fraction of sp³-hybridized carbons (Fsp3) is 0.667. The van der Waals surface area contributed by atoms with Crippen LogP contribution in [0.5, 0.6) is 0 Å². The number of carboxylic acids is 1. The number of hydrogen-bond acceptors (Lipinski definition) is 3. The third-order valence-corrected chi connectivity index (χ3v) is 4.68. The molecule has 0 spiro atoms. The molecule has 2 rings (SSSR count). The van der Waals surface area contributed by atoms with E-state index in [1.165, 1.54) is 25.7 Å². The molecule has 1 aliphatic carbocycles. The Labute approximate surface area is 139 Å². The van der Waals surface area contributed by atoms with Crippen molar-refractivity contribution in [1.29, 1.82) is 0 Å². The lowest BCUT2D eigenvalue weighted by Gasteiger charge is -2.26. The van der Waals surface area contributed by atoms with Crippen molar-refractivity contribution < 1.29 is 9.90 Å². The second-order valence-electron chi connectivity index (χ2n) is 7.04. The van der Waals surface area contributed by atoms with Crippen LogP contribution in [0.25, 0.3) is 6.08 Å². The Hall–Kier alpha value is -1.62. The Morgan fingerprint density at radius 2 is 2.09 bits per heavy atom. The van der Waals surface area contributed by atoms with Crippen molar-refractivity contribution in [3.8, 4) is 0 Å². The van der Waals surface area contributed by atoms with Crippen molar-refractivity contribution in [3.05, 3.63) is 23.8 Å². The maximum atomic E-state index is 11.4. The molecule has 1 aromatic heterocycles. The Kier molecular flexibility index (Phi) is 6.39. The van der Waals surface area contributed by atoms with Crippen LogP contribution in [0.3, 0.4) is 0 Å². The molecule has 1 aromatic rings. The summed E-state index contributed by atoms with van der Waals surface area (Å²) >= 11 is 0. The average molecular weight is 319 g/mol. The van der Waals surface area contributed by atoms with Crippen molar-refractivity contribution in [2.45, 2.75) is 51.5 Å². The molecule has 5 nitrogen and oxygen atoms in total. The molecule has 0 unspecified atom stereocenters. The standard InChI is InChI=1S/C18H29N3O2/c1-14-6-8-17(9-7-14)21-12-16(19-13-21)11-15(18(22)23)5-4-10-20(2)3/h11-14,17H,4-10H2,1-3H3,(H,22,23)/b15-11+/t14-,17-. The van der Waals surface area contributed by atoms with E-state index in [1.54, 1.807) is 6.08 Å². The number of hydrogen-bond donors (Lipinski definition) is 1. The third-order valence-electron chi connectivity index (χ3n) is 4.68. The predicted molar refractivity (Wildman–Crippen MR) is 92.3 cm³/mol. The molecule has 1 N–H and O–H groups in total. The molecule has 0 saturated heterocycles. The maximum absolute atomic E-state index is 11.4. The lowest BCUT2D eigenvalue weighted by Crippen LogP contribution is -2.15. The molecule has 0 aromatic carbocycles. The summed E-state index contributed by atoms with van der Waals surface area (Å²) in [5, 5.41) is 9.37. The fourth-order valence-corrected chi connectivity index (χ4v) is 3.17. The van der Waals surface area contributed by atoms with Crippen molar-refractivity contribution in [3.63, 3.8) is 0 Å². The van der Waals surface area contributed by atoms with Gasteiger partial charge < -0.3 is 14.6 Å². The minimum atomic E-state index is -0.843. The average Bonchev–Trinajstić information content (AvgIpc) is 2.95. The normalized spacial score (nSPS) is 22.5. The van der Waals surface area contributed by atoms with Gasteiger partial charge in [-0.2, -0.15) is 0 Å². The highest BCUT2D eigenvalue weighted by molar-refractivity contribution is 5.91. The molecule has 1 aliphatic rings. The number of imidazole rings is 1. The molecular formula is C18H29N3O2. The van der Waals surface area contributed by atoms with E-state index in [2.05, 4.69) is 21.4 Å². The highest BCUT2D eigenvalue weighted by Gasteiger charge is 2.19. The largest absolute Gasteiger partial charge is 0.478 e. The van der Waals surface area contributed by atoms with Gasteiger partial charge in [-0.25, -0.2) is 9.78 Å². The molecule has 0 radical (unpaired) electrons. The zero-order valence-corrected chi connectivity index (χ0v) is 14.5. The molecule has 0 aliphatic heterocycles. The molecular weight excluding hydrogens is 290 g/mol. The molecule has 23 heavy (non-hydrogen) atoms. The van der Waals surface area contributed by atoms with Crippen LogP contribution < -0.4 is 0 Å². The minimum Gasteiger partial charge on any atom is -0.478 e. The van der Waals surface area contributed by atoms with Gasteiger partial charge >= 0.3 is 5.97 Å². The van der Waals surface area contributed by atoms with E-state index in [9.17, 15) is 9.90 Å². The quantitative estimate of drug-likeness (QED) is 0.782. The van der Waals surface area contributed by atoms with Crippen LogP contribution in [0, 0.1) is 5.92 Å². The van der Waals surface area contributed by atoms with E-state index in [1.807, 2.05) is 26.6 Å². The molecule has 5 heteroatoms. The van der Waals surface area contributed by atoms with E-state index in [0.29, 0.717) is 18.0 Å². The van der Waals surface area contributed by atoms with E-state index < -0.39 is 5.97 Å². The van der Waals surface area contributed by atoms with E-state index in [4.69, 9.17) is 0 Å². The van der Waals surface area contributed by atoms with Crippen molar-refractivity contribution >= 4 is 12.0 Å². The van der Waals surface area contributed by atoms with Crippen LogP contribution in [-0.2, 0) is 4.79 Å². The van der Waals surface area contributed by atoms with Crippen LogP contribution in [0.2, 0.25) is 0 Å². The number of nitrogens with zero attached hydrogens (tertiary/aromatic N) is 3. The van der Waals surface area contributed by atoms with E-state index in [0.717, 1.165) is 24.6 Å². The van der Waals surface area contributed by atoms with Crippen LogP contribution in [0.15, 0.2) is 18.1 Å². The first-order valence-electron chi connectivity index (χ1n) is 8.57. The zero-order chi connectivity index (χ0) is 16.8. The van der Waals surface area contributed by atoms with Gasteiger partial charge in [0.2, 0.25) is 0 Å². The van der Waals surface area contributed by atoms with Gasteiger partial charge in [0.05, 0.1) is 12.0 Å². The lowest BCUT2D eigenvalue weighted by molar-refractivity contribution is -0.132. The number of aliphatic carboxylic acids is 1. The highest BCUT2D eigenvalue weighted by atomic mass is 16.4. The highest BCUT2D eigenvalue weighted by Crippen LogP contribution is 2.31. The Bertz CT molecular complexity index is 540. The first kappa shape index (κ1) is 17.7. The fourth-order valence-electron chi connectivity index (χ4n) is 3.17. The van der Waals surface area contributed by atoms with Crippen molar-refractivity contribution in [1.82, 2.24) is 14.5 Å². The Balaban J connectivity index is 2.00. The summed E-state index contributed by atoms with van der Waals surface area (Å²) in [5.74, 6) is -0.0192. The van der Waals surface area contributed by atoms with Crippen LogP contribution in [0.4, 0.5) is 0 Å².